The fraction of sp³-hybridized carbons (Fsp3) is 0.654. The van der Waals surface area contributed by atoms with Crippen molar-refractivity contribution < 1.29 is 28.6 Å². The predicted octanol–water partition coefficient (Wildman–Crippen LogP) is 2.27. The van der Waals surface area contributed by atoms with Crippen LogP contribution in [-0.4, -0.2) is 101 Å². The van der Waals surface area contributed by atoms with Crippen molar-refractivity contribution in [3.05, 3.63) is 15.8 Å². The van der Waals surface area contributed by atoms with Crippen LogP contribution in [0.25, 0.3) is 0 Å². The van der Waals surface area contributed by atoms with Gasteiger partial charge in [0.2, 0.25) is 11.8 Å². The number of amides is 2. The summed E-state index contributed by atoms with van der Waals surface area (Å²) < 4.78 is 15.1. The van der Waals surface area contributed by atoms with Crippen LogP contribution < -0.4 is 11.1 Å². The van der Waals surface area contributed by atoms with Gasteiger partial charge in [0, 0.05) is 47.8 Å². The number of esters is 1. The number of methoxy groups -OCH3 is 3. The van der Waals surface area contributed by atoms with E-state index in [0.717, 1.165) is 4.88 Å². The second kappa shape index (κ2) is 15.6. The molecule has 0 aliphatic rings. The van der Waals surface area contributed by atoms with E-state index in [1.165, 1.54) is 42.5 Å². The first-order valence-electron chi connectivity index (χ1n) is 11.8. The number of nitrogens with one attached hydrogen (secondary N) is 1. The maximum Gasteiger partial charge on any atom is 0.350 e. The van der Waals surface area contributed by atoms with Crippen molar-refractivity contribution in [1.82, 2.24) is 9.80 Å². The number of carbonyl (C=O) groups is 3. The number of rotatable bonds is 9. The molecule has 1 aromatic heterocycles. The second-order valence-electron chi connectivity index (χ2n) is 9.84. The van der Waals surface area contributed by atoms with Gasteiger partial charge in [-0.3, -0.25) is 9.59 Å². The summed E-state index contributed by atoms with van der Waals surface area (Å²) in [7, 11) is 11.1. The minimum Gasteiger partial charge on any atom is -0.465 e. The van der Waals surface area contributed by atoms with E-state index in [9.17, 15) is 14.4 Å². The van der Waals surface area contributed by atoms with Crippen LogP contribution in [0, 0.1) is 17.3 Å². The molecule has 1 rings (SSSR count). The Morgan fingerprint density at radius 1 is 0.973 bits per heavy atom. The summed E-state index contributed by atoms with van der Waals surface area (Å²) in [5.41, 5.74) is 5.92. The van der Waals surface area contributed by atoms with Gasteiger partial charge in [-0.05, 0) is 40.7 Å². The van der Waals surface area contributed by atoms with E-state index in [1.54, 1.807) is 48.1 Å². The molecular weight excluding hydrogens is 496 g/mol. The first-order chi connectivity index (χ1) is 17.0. The lowest BCUT2D eigenvalue weighted by Gasteiger charge is -2.26. The molecule has 1 aromatic rings. The average Bonchev–Trinajstić information content (AvgIpc) is 3.25. The van der Waals surface area contributed by atoms with Crippen molar-refractivity contribution in [2.24, 2.45) is 11.1 Å². The number of thiophene rings is 1. The highest BCUT2D eigenvalue weighted by atomic mass is 32.1. The van der Waals surface area contributed by atoms with Gasteiger partial charge in [0.15, 0.2) is 0 Å². The number of anilines is 1. The second-order valence-corrected chi connectivity index (χ2v) is 10.9. The van der Waals surface area contributed by atoms with Crippen molar-refractivity contribution >= 4 is 34.8 Å². The molecule has 0 fully saturated rings. The number of likely N-dealkylation sites (N-methyl/N-ethyl adjacent to an activating group) is 2. The van der Waals surface area contributed by atoms with Crippen molar-refractivity contribution in [1.29, 1.82) is 0 Å². The molecule has 1 heterocycles. The van der Waals surface area contributed by atoms with Gasteiger partial charge in [-0.25, -0.2) is 4.79 Å². The van der Waals surface area contributed by atoms with Gasteiger partial charge < -0.3 is 35.1 Å². The molecule has 0 aliphatic heterocycles. The molecule has 0 radical (unpaired) electrons. The Kier molecular flexibility index (Phi) is 14.5. The van der Waals surface area contributed by atoms with E-state index in [0.29, 0.717) is 10.6 Å². The Labute approximate surface area is 225 Å². The minimum absolute atomic E-state index is 0.112. The summed E-state index contributed by atoms with van der Waals surface area (Å²) in [4.78, 5) is 39.9. The first-order valence-corrected chi connectivity index (χ1v) is 12.6. The lowest BCUT2D eigenvalue weighted by Crippen LogP contribution is -2.47. The average molecular weight is 541 g/mol. The molecule has 0 unspecified atom stereocenters. The van der Waals surface area contributed by atoms with Gasteiger partial charge in [-0.2, -0.15) is 0 Å². The van der Waals surface area contributed by atoms with Gasteiger partial charge in [0.1, 0.15) is 17.0 Å². The maximum absolute atomic E-state index is 12.5. The first kappa shape index (κ1) is 34.4. The van der Waals surface area contributed by atoms with Crippen LogP contribution in [0.3, 0.4) is 0 Å². The zero-order valence-electron chi connectivity index (χ0n) is 24.2. The quantitative estimate of drug-likeness (QED) is 0.361. The van der Waals surface area contributed by atoms with E-state index in [2.05, 4.69) is 17.2 Å². The van der Waals surface area contributed by atoms with Crippen molar-refractivity contribution in [2.45, 2.75) is 58.9 Å². The molecule has 0 aliphatic carbocycles. The van der Waals surface area contributed by atoms with E-state index < -0.39 is 18.1 Å². The highest BCUT2D eigenvalue weighted by Crippen LogP contribution is 2.29. The standard InChI is InChI=1S/C19H28N2O4S.C7H16N2O2/c1-12(24-7)15(17(22)21(5)6)20-14-11-13(9-10-19(2,3)4)26-16(14)18(23)25-8;1-5(11-4)6(8)7(10)9(2)3/h11-12,15,20H,1-8H3;5-6H,8H2,1-4H3/t12-,15-;5-,6-/m11/s1. The molecule has 2 amide bonds. The number of hydrogen-bond acceptors (Lipinski definition) is 9. The number of hydrogen-bond donors (Lipinski definition) is 2. The van der Waals surface area contributed by atoms with Gasteiger partial charge in [-0.1, -0.05) is 11.8 Å². The van der Waals surface area contributed by atoms with Gasteiger partial charge in [-0.15, -0.1) is 11.3 Å². The maximum atomic E-state index is 12.5. The third-order valence-corrected chi connectivity index (χ3v) is 6.16. The summed E-state index contributed by atoms with van der Waals surface area (Å²) in [6.07, 6.45) is -0.621. The van der Waals surface area contributed by atoms with Crippen LogP contribution >= 0.6 is 11.3 Å². The molecule has 37 heavy (non-hydrogen) atoms. The Bertz CT molecular complexity index is 958. The monoisotopic (exact) mass is 540 g/mol. The van der Waals surface area contributed by atoms with Crippen molar-refractivity contribution in [3.8, 4) is 11.8 Å². The lowest BCUT2D eigenvalue weighted by atomic mass is 9.98. The Morgan fingerprint density at radius 3 is 1.89 bits per heavy atom. The van der Waals surface area contributed by atoms with Crippen LogP contribution in [0.15, 0.2) is 6.07 Å². The largest absolute Gasteiger partial charge is 0.465 e. The number of ether oxygens (including phenoxy) is 3. The van der Waals surface area contributed by atoms with E-state index in [1.807, 2.05) is 20.8 Å². The predicted molar refractivity (Wildman–Crippen MR) is 148 cm³/mol. The molecule has 0 saturated carbocycles. The third kappa shape index (κ3) is 11.5. The fourth-order valence-corrected chi connectivity index (χ4v) is 3.55. The van der Waals surface area contributed by atoms with Crippen molar-refractivity contribution in [3.63, 3.8) is 0 Å². The van der Waals surface area contributed by atoms with E-state index in [-0.39, 0.29) is 29.4 Å². The highest BCUT2D eigenvalue weighted by molar-refractivity contribution is 7.15. The zero-order valence-corrected chi connectivity index (χ0v) is 25.0. The van der Waals surface area contributed by atoms with Crippen molar-refractivity contribution in [2.75, 3.05) is 54.8 Å². The third-order valence-electron chi connectivity index (χ3n) is 5.13. The molecule has 0 saturated heterocycles. The smallest absolute Gasteiger partial charge is 0.350 e. The summed E-state index contributed by atoms with van der Waals surface area (Å²) in [5.74, 6) is 5.50. The van der Waals surface area contributed by atoms with Gasteiger partial charge in [0.05, 0.1) is 29.9 Å². The topological polar surface area (TPSA) is 123 Å². The van der Waals surface area contributed by atoms with E-state index in [4.69, 9.17) is 19.9 Å². The van der Waals surface area contributed by atoms with Crippen LogP contribution in [0.5, 0.6) is 0 Å². The Hall–Kier alpha value is -2.65. The number of nitrogens with two attached hydrogens (primary N) is 1. The Morgan fingerprint density at radius 2 is 1.49 bits per heavy atom. The summed E-state index contributed by atoms with van der Waals surface area (Å²) in [5, 5.41) is 3.14. The van der Waals surface area contributed by atoms with Crippen LogP contribution in [0.2, 0.25) is 0 Å². The molecule has 0 bridgehead atoms. The molecule has 0 aromatic carbocycles. The number of carbonyl (C=O) groups excluding carboxylic acids is 3. The summed E-state index contributed by atoms with van der Waals surface area (Å²) >= 11 is 1.24. The molecule has 210 valence electrons. The van der Waals surface area contributed by atoms with Crippen LogP contribution in [0.4, 0.5) is 5.69 Å². The SMILES string of the molecule is COC(=O)c1sc(C#CC(C)(C)C)cc1N[C@@H](C(=O)N(C)C)[C@@H](C)OC.CO[C@H](C)[C@@H](N)C(=O)N(C)C. The number of nitrogens with zero attached hydrogens (tertiary/aromatic N) is 2. The molecule has 11 heteroatoms. The lowest BCUT2D eigenvalue weighted by molar-refractivity contribution is -0.133. The molecular formula is C26H44N4O6S. The zero-order chi connectivity index (χ0) is 29.1. The van der Waals surface area contributed by atoms with Gasteiger partial charge >= 0.3 is 5.97 Å². The normalized spacial score (nSPS) is 14.0. The summed E-state index contributed by atoms with van der Waals surface area (Å²) in [6.45, 7) is 9.61. The van der Waals surface area contributed by atoms with Crippen LogP contribution in [-0.2, 0) is 23.8 Å². The molecule has 3 N–H and O–H groups in total. The molecule has 0 spiro atoms. The summed E-state index contributed by atoms with van der Waals surface area (Å²) in [6, 6.07) is 0.569. The fourth-order valence-electron chi connectivity index (χ4n) is 2.66. The van der Waals surface area contributed by atoms with Gasteiger partial charge in [0.25, 0.3) is 0 Å². The van der Waals surface area contributed by atoms with Crippen LogP contribution in [0.1, 0.15) is 49.2 Å². The molecule has 10 nitrogen and oxygen atoms in total. The Balaban J connectivity index is 0.000000989. The van der Waals surface area contributed by atoms with E-state index >= 15 is 0 Å². The minimum atomic E-state index is -0.642. The highest BCUT2D eigenvalue weighted by Gasteiger charge is 2.29. The molecule has 4 atom stereocenters.